The summed E-state index contributed by atoms with van der Waals surface area (Å²) in [6.45, 7) is 4.66. The number of fused-ring (bicyclic) bond motifs is 1. The Bertz CT molecular complexity index is 642. The highest BCUT2D eigenvalue weighted by atomic mass is 16.6. The molecule has 0 unspecified atom stereocenters. The average molecular weight is 279 g/mol. The molecule has 0 aromatic heterocycles. The quantitative estimate of drug-likeness (QED) is 0.751. The van der Waals surface area contributed by atoms with E-state index in [1.807, 2.05) is 68.4 Å². The third kappa shape index (κ3) is 3.16. The van der Waals surface area contributed by atoms with E-state index in [4.69, 9.17) is 9.31 Å². The molecule has 2 aromatic carbocycles. The molecule has 2 aromatic rings. The lowest BCUT2D eigenvalue weighted by Crippen LogP contribution is -2.42. The van der Waals surface area contributed by atoms with Gasteiger partial charge in [0.25, 0.3) is 0 Å². The Morgan fingerprint density at radius 2 is 1.76 bits per heavy atom. The fraction of sp³-hybridized carbons (Fsp3) is 0.235. The van der Waals surface area contributed by atoms with Gasteiger partial charge >= 0.3 is 7.12 Å². The summed E-state index contributed by atoms with van der Waals surface area (Å²) in [7, 11) is -0.413. The van der Waals surface area contributed by atoms with Gasteiger partial charge in [-0.15, -0.1) is 0 Å². The van der Waals surface area contributed by atoms with Crippen LogP contribution < -0.4 is 10.1 Å². The van der Waals surface area contributed by atoms with Gasteiger partial charge in [0.2, 0.25) is 0 Å². The zero-order chi connectivity index (χ0) is 14.7. The standard InChI is InChI=1S/C17H18BNO2/c1-13-12-19-14(2)16-10-6-7-11-17(16)21-18(20-13)15-8-4-3-5-9-15/h3-11,13H,12H2,1-2H3/t13-/m1/s1. The van der Waals surface area contributed by atoms with Crippen molar-refractivity contribution in [3.8, 4) is 5.75 Å². The third-order valence-corrected chi connectivity index (χ3v) is 3.52. The monoisotopic (exact) mass is 279 g/mol. The predicted octanol–water partition coefficient (Wildman–Crippen LogP) is 2.69. The van der Waals surface area contributed by atoms with Crippen LogP contribution in [0.1, 0.15) is 19.4 Å². The largest absolute Gasteiger partial charge is 0.563 e. The summed E-state index contributed by atoms with van der Waals surface area (Å²) in [5.74, 6) is 0.807. The maximum atomic E-state index is 6.14. The molecule has 106 valence electrons. The molecular weight excluding hydrogens is 261 g/mol. The molecule has 3 rings (SSSR count). The van der Waals surface area contributed by atoms with Crippen LogP contribution in [0.3, 0.4) is 0 Å². The molecule has 1 atom stereocenters. The van der Waals surface area contributed by atoms with Gasteiger partial charge in [0.15, 0.2) is 0 Å². The molecule has 21 heavy (non-hydrogen) atoms. The summed E-state index contributed by atoms with van der Waals surface area (Å²) in [6.07, 6.45) is -0.000492. The summed E-state index contributed by atoms with van der Waals surface area (Å²) in [5.41, 5.74) is 3.02. The van der Waals surface area contributed by atoms with Crippen LogP contribution in [-0.2, 0) is 4.65 Å². The molecule has 0 radical (unpaired) electrons. The van der Waals surface area contributed by atoms with Crippen molar-refractivity contribution in [2.45, 2.75) is 20.0 Å². The molecule has 0 saturated carbocycles. The molecular formula is C17H18BNO2. The zero-order valence-corrected chi connectivity index (χ0v) is 12.3. The normalized spacial score (nSPS) is 18.7. The second-order valence-electron chi connectivity index (χ2n) is 5.23. The lowest BCUT2D eigenvalue weighted by Gasteiger charge is -2.19. The molecule has 0 fully saturated rings. The van der Waals surface area contributed by atoms with Gasteiger partial charge in [-0.3, -0.25) is 4.99 Å². The molecule has 0 bridgehead atoms. The summed E-state index contributed by atoms with van der Waals surface area (Å²) in [4.78, 5) is 4.61. The van der Waals surface area contributed by atoms with E-state index in [1.54, 1.807) is 0 Å². The highest BCUT2D eigenvalue weighted by Gasteiger charge is 2.28. The smallest absolute Gasteiger partial charge is 0.532 e. The van der Waals surface area contributed by atoms with Crippen molar-refractivity contribution in [2.24, 2.45) is 4.99 Å². The molecule has 3 nitrogen and oxygen atoms in total. The van der Waals surface area contributed by atoms with Crippen LogP contribution in [0.4, 0.5) is 0 Å². The number of para-hydroxylation sites is 1. The summed E-state index contributed by atoms with van der Waals surface area (Å²) in [6, 6.07) is 18.0. The third-order valence-electron chi connectivity index (χ3n) is 3.52. The minimum absolute atomic E-state index is 0.000492. The van der Waals surface area contributed by atoms with Crippen molar-refractivity contribution in [3.05, 3.63) is 60.2 Å². The number of rotatable bonds is 1. The number of hydrogen-bond donors (Lipinski definition) is 0. The van der Waals surface area contributed by atoms with Gasteiger partial charge in [-0.25, -0.2) is 0 Å². The number of hydrogen-bond acceptors (Lipinski definition) is 3. The Labute approximate surface area is 125 Å². The topological polar surface area (TPSA) is 30.8 Å². The van der Waals surface area contributed by atoms with Crippen LogP contribution in [0.15, 0.2) is 59.6 Å². The van der Waals surface area contributed by atoms with Gasteiger partial charge in [0.05, 0.1) is 12.6 Å². The molecule has 0 saturated heterocycles. The summed E-state index contributed by atoms with van der Waals surface area (Å²) in [5, 5.41) is 0. The Morgan fingerprint density at radius 1 is 1.05 bits per heavy atom. The second kappa shape index (κ2) is 6.14. The van der Waals surface area contributed by atoms with Gasteiger partial charge in [0.1, 0.15) is 5.75 Å². The molecule has 1 aliphatic heterocycles. The lowest BCUT2D eigenvalue weighted by atomic mass is 9.78. The maximum absolute atomic E-state index is 6.14. The van der Waals surface area contributed by atoms with Crippen molar-refractivity contribution < 1.29 is 9.31 Å². The molecule has 4 heteroatoms. The van der Waals surface area contributed by atoms with Crippen molar-refractivity contribution in [1.29, 1.82) is 0 Å². The zero-order valence-electron chi connectivity index (χ0n) is 12.3. The number of aliphatic imine (C=N–C) groups is 1. The highest BCUT2D eigenvalue weighted by molar-refractivity contribution is 6.62. The molecule has 0 spiro atoms. The van der Waals surface area contributed by atoms with Gasteiger partial charge in [-0.2, -0.15) is 0 Å². The minimum Gasteiger partial charge on any atom is -0.532 e. The fourth-order valence-corrected chi connectivity index (χ4v) is 2.37. The van der Waals surface area contributed by atoms with E-state index >= 15 is 0 Å². The Kier molecular flexibility index (Phi) is 4.07. The molecule has 0 aliphatic carbocycles. The van der Waals surface area contributed by atoms with E-state index in [-0.39, 0.29) is 6.10 Å². The SMILES string of the molecule is CC1=NC[C@@H](C)OB(c2ccccc2)Oc2ccccc21. The van der Waals surface area contributed by atoms with Crippen molar-refractivity contribution in [3.63, 3.8) is 0 Å². The van der Waals surface area contributed by atoms with Crippen LogP contribution in [-0.4, -0.2) is 25.5 Å². The first-order valence-corrected chi connectivity index (χ1v) is 7.21. The van der Waals surface area contributed by atoms with E-state index < -0.39 is 7.12 Å². The second-order valence-corrected chi connectivity index (χ2v) is 5.23. The first-order valence-electron chi connectivity index (χ1n) is 7.21. The molecule has 1 heterocycles. The van der Waals surface area contributed by atoms with Crippen molar-refractivity contribution in [1.82, 2.24) is 0 Å². The van der Waals surface area contributed by atoms with E-state index in [0.29, 0.717) is 6.54 Å². The lowest BCUT2D eigenvalue weighted by molar-refractivity contribution is 0.202. The van der Waals surface area contributed by atoms with E-state index in [9.17, 15) is 0 Å². The van der Waals surface area contributed by atoms with E-state index in [1.165, 1.54) is 0 Å². The Balaban J connectivity index is 2.00. The predicted molar refractivity (Wildman–Crippen MR) is 86.5 cm³/mol. The van der Waals surface area contributed by atoms with Crippen LogP contribution >= 0.6 is 0 Å². The van der Waals surface area contributed by atoms with Crippen LogP contribution in [0.25, 0.3) is 0 Å². The van der Waals surface area contributed by atoms with Crippen LogP contribution in [0.2, 0.25) is 0 Å². The highest BCUT2D eigenvalue weighted by Crippen LogP contribution is 2.21. The van der Waals surface area contributed by atoms with Crippen LogP contribution in [0.5, 0.6) is 5.75 Å². The Hall–Kier alpha value is -2.07. The van der Waals surface area contributed by atoms with Gasteiger partial charge in [0, 0.05) is 11.3 Å². The fourth-order valence-electron chi connectivity index (χ4n) is 2.37. The summed E-state index contributed by atoms with van der Waals surface area (Å²) < 4.78 is 12.2. The average Bonchev–Trinajstić information content (AvgIpc) is 2.58. The molecule has 0 N–H and O–H groups in total. The van der Waals surface area contributed by atoms with Gasteiger partial charge in [-0.1, -0.05) is 42.5 Å². The van der Waals surface area contributed by atoms with Gasteiger partial charge < -0.3 is 9.31 Å². The van der Waals surface area contributed by atoms with Crippen molar-refractivity contribution >= 4 is 18.3 Å². The van der Waals surface area contributed by atoms with E-state index in [0.717, 1.165) is 22.5 Å². The van der Waals surface area contributed by atoms with Gasteiger partial charge in [-0.05, 0) is 31.4 Å². The van der Waals surface area contributed by atoms with Crippen LogP contribution in [0, 0.1) is 0 Å². The maximum Gasteiger partial charge on any atom is 0.563 e. The van der Waals surface area contributed by atoms with Crippen molar-refractivity contribution in [2.75, 3.05) is 6.54 Å². The minimum atomic E-state index is -0.413. The Morgan fingerprint density at radius 3 is 2.57 bits per heavy atom. The number of benzene rings is 2. The summed E-state index contributed by atoms with van der Waals surface area (Å²) >= 11 is 0. The first kappa shape index (κ1) is 13.9. The first-order chi connectivity index (χ1) is 10.2. The molecule has 1 aliphatic rings. The van der Waals surface area contributed by atoms with E-state index in [2.05, 4.69) is 4.99 Å². The number of nitrogens with zero attached hydrogens (tertiary/aromatic N) is 1. The molecule has 0 amide bonds.